The highest BCUT2D eigenvalue weighted by Gasteiger charge is 2.51. The Morgan fingerprint density at radius 3 is 1.74 bits per heavy atom. The van der Waals surface area contributed by atoms with Crippen LogP contribution in [-0.4, -0.2) is 15.0 Å². The second-order valence-corrected chi connectivity index (χ2v) is 14.3. The van der Waals surface area contributed by atoms with E-state index < -0.39 is 5.41 Å². The average Bonchev–Trinajstić information content (AvgIpc) is 3.57. The van der Waals surface area contributed by atoms with Crippen molar-refractivity contribution in [3.63, 3.8) is 0 Å². The third kappa shape index (κ3) is 5.49. The summed E-state index contributed by atoms with van der Waals surface area (Å²) in [6.07, 6.45) is 5.99. The highest BCUT2D eigenvalue weighted by Crippen LogP contribution is 2.62. The summed E-state index contributed by atoms with van der Waals surface area (Å²) in [4.78, 5) is 15.5. The normalized spacial score (nSPS) is 13.6. The van der Waals surface area contributed by atoms with Crippen LogP contribution in [0.3, 0.4) is 0 Å². The van der Waals surface area contributed by atoms with Crippen molar-refractivity contribution in [2.75, 3.05) is 0 Å². The largest absolute Gasteiger partial charge is 0.456 e. The molecule has 0 bridgehead atoms. The number of allylic oxidation sites excluding steroid dienone is 5. The molecule has 7 aromatic carbocycles. The van der Waals surface area contributed by atoms with Crippen LogP contribution in [0.5, 0.6) is 11.5 Å². The number of hydrogen-bond acceptors (Lipinski definition) is 4. The molecule has 270 valence electrons. The zero-order valence-electron chi connectivity index (χ0n) is 31.4. The number of fused-ring (bicyclic) bond motifs is 9. The molecule has 0 N–H and O–H groups in total. The van der Waals surface area contributed by atoms with Crippen molar-refractivity contribution in [1.29, 1.82) is 0 Å². The minimum atomic E-state index is -0.592. The maximum absolute atomic E-state index is 7.05. The molecule has 1 aliphatic heterocycles. The first kappa shape index (κ1) is 34.1. The van der Waals surface area contributed by atoms with Crippen molar-refractivity contribution in [3.05, 3.63) is 234 Å². The molecular formula is C53H37N3O. The van der Waals surface area contributed by atoms with Gasteiger partial charge < -0.3 is 4.74 Å². The Hall–Kier alpha value is -7.43. The summed E-state index contributed by atoms with van der Waals surface area (Å²) in [5, 5.41) is 0. The fraction of sp³-hybridized carbons (Fsp3) is 0.0377. The fourth-order valence-corrected chi connectivity index (χ4v) is 8.72. The van der Waals surface area contributed by atoms with E-state index in [1.54, 1.807) is 0 Å². The molecule has 0 saturated carbocycles. The molecule has 2 heterocycles. The Kier molecular flexibility index (Phi) is 8.38. The number of hydrogen-bond donors (Lipinski definition) is 0. The van der Waals surface area contributed by atoms with E-state index in [4.69, 9.17) is 19.7 Å². The molecule has 1 aromatic heterocycles. The first-order valence-corrected chi connectivity index (χ1v) is 19.3. The maximum atomic E-state index is 7.05. The SMILES string of the molecule is C=C/C(=C(\C=C/C)c1nc(-c2ccccc2)nc(-c2cccc(-c3ccccc3)c2)n1)c1cccc2c1Oc1ccccc1C21c2ccccc2-c2ccccc21. The van der Waals surface area contributed by atoms with E-state index in [0.29, 0.717) is 17.5 Å². The second-order valence-electron chi connectivity index (χ2n) is 14.3. The molecule has 0 unspecified atom stereocenters. The Morgan fingerprint density at radius 2 is 1.05 bits per heavy atom. The molecule has 0 amide bonds. The molecule has 0 atom stereocenters. The predicted octanol–water partition coefficient (Wildman–Crippen LogP) is 13.0. The molecule has 8 aromatic rings. The van der Waals surface area contributed by atoms with E-state index in [2.05, 4.69) is 146 Å². The topological polar surface area (TPSA) is 47.9 Å². The van der Waals surface area contributed by atoms with Gasteiger partial charge in [-0.1, -0.05) is 189 Å². The molecule has 4 nitrogen and oxygen atoms in total. The monoisotopic (exact) mass is 731 g/mol. The van der Waals surface area contributed by atoms with Crippen LogP contribution in [-0.2, 0) is 5.41 Å². The second kappa shape index (κ2) is 14.0. The minimum Gasteiger partial charge on any atom is -0.456 e. The lowest BCUT2D eigenvalue weighted by Crippen LogP contribution is -2.32. The minimum absolute atomic E-state index is 0.539. The lowest BCUT2D eigenvalue weighted by Gasteiger charge is -2.40. The lowest BCUT2D eigenvalue weighted by atomic mass is 9.65. The number of rotatable bonds is 7. The summed E-state index contributed by atoms with van der Waals surface area (Å²) < 4.78 is 7.05. The summed E-state index contributed by atoms with van der Waals surface area (Å²) in [6.45, 7) is 6.42. The summed E-state index contributed by atoms with van der Waals surface area (Å²) in [5.74, 6) is 3.32. The van der Waals surface area contributed by atoms with Gasteiger partial charge in [-0.3, -0.25) is 0 Å². The van der Waals surface area contributed by atoms with Crippen molar-refractivity contribution < 1.29 is 4.74 Å². The highest BCUT2D eigenvalue weighted by atomic mass is 16.5. The summed E-state index contributed by atoms with van der Waals surface area (Å²) >= 11 is 0. The molecule has 1 spiro atoms. The van der Waals surface area contributed by atoms with Crippen molar-refractivity contribution in [1.82, 2.24) is 15.0 Å². The third-order valence-electron chi connectivity index (χ3n) is 11.1. The van der Waals surface area contributed by atoms with Gasteiger partial charge in [0.05, 0.1) is 5.41 Å². The van der Waals surface area contributed by atoms with Gasteiger partial charge in [0, 0.05) is 33.4 Å². The zero-order chi connectivity index (χ0) is 38.3. The van der Waals surface area contributed by atoms with E-state index in [1.807, 2.05) is 61.5 Å². The average molecular weight is 732 g/mol. The summed E-state index contributed by atoms with van der Waals surface area (Å²) in [5.41, 5.74) is 13.1. The summed E-state index contributed by atoms with van der Waals surface area (Å²) in [6, 6.07) is 61.3. The van der Waals surface area contributed by atoms with Crippen LogP contribution in [0.2, 0.25) is 0 Å². The summed E-state index contributed by atoms with van der Waals surface area (Å²) in [7, 11) is 0. The van der Waals surface area contributed by atoms with Crippen LogP contribution in [0.1, 0.15) is 40.6 Å². The Morgan fingerprint density at radius 1 is 0.509 bits per heavy atom. The van der Waals surface area contributed by atoms with E-state index in [1.165, 1.54) is 22.3 Å². The van der Waals surface area contributed by atoms with Gasteiger partial charge in [0.2, 0.25) is 0 Å². The molecule has 4 heteroatoms. The van der Waals surface area contributed by atoms with Gasteiger partial charge in [-0.05, 0) is 58.0 Å². The van der Waals surface area contributed by atoms with Crippen molar-refractivity contribution in [3.8, 4) is 56.5 Å². The highest BCUT2D eigenvalue weighted by molar-refractivity contribution is 6.01. The predicted molar refractivity (Wildman–Crippen MR) is 232 cm³/mol. The lowest BCUT2D eigenvalue weighted by molar-refractivity contribution is 0.435. The third-order valence-corrected chi connectivity index (χ3v) is 11.1. The quantitative estimate of drug-likeness (QED) is 0.153. The smallest absolute Gasteiger partial charge is 0.164 e. The molecule has 0 radical (unpaired) electrons. The number of para-hydroxylation sites is 2. The molecular weight excluding hydrogens is 695 g/mol. The first-order valence-electron chi connectivity index (χ1n) is 19.3. The van der Waals surface area contributed by atoms with E-state index in [-0.39, 0.29) is 0 Å². The van der Waals surface area contributed by atoms with Crippen LogP contribution >= 0.6 is 0 Å². The molecule has 2 aliphatic rings. The maximum Gasteiger partial charge on any atom is 0.164 e. The Labute approximate surface area is 332 Å². The molecule has 0 fully saturated rings. The standard InChI is InChI=1S/C53H37N3O/c1-3-19-43(52-55-50(36-22-9-6-10-23-36)54-51(56-52)38-25-17-24-37(34-38)35-20-7-5-8-21-35)39(4-2)42-28-18-32-47-49(42)57-48-33-16-15-31-46(48)53(47)44-29-13-11-26-40(44)41-27-12-14-30-45(41)53/h3-34H,2H2,1H3/b19-3-,43-39-. The number of nitrogens with zero attached hydrogens (tertiary/aromatic N) is 3. The van der Waals surface area contributed by atoms with Crippen LogP contribution in [0.15, 0.2) is 201 Å². The number of benzene rings is 7. The van der Waals surface area contributed by atoms with Crippen molar-refractivity contribution in [2.45, 2.75) is 12.3 Å². The van der Waals surface area contributed by atoms with Gasteiger partial charge in [0.1, 0.15) is 11.5 Å². The Balaban J connectivity index is 1.22. The first-order chi connectivity index (χ1) is 28.2. The molecule has 57 heavy (non-hydrogen) atoms. The van der Waals surface area contributed by atoms with Crippen LogP contribution in [0.4, 0.5) is 0 Å². The van der Waals surface area contributed by atoms with Crippen molar-refractivity contribution in [2.24, 2.45) is 0 Å². The molecule has 0 saturated heterocycles. The van der Waals surface area contributed by atoms with Gasteiger partial charge in [-0.2, -0.15) is 0 Å². The van der Waals surface area contributed by atoms with Gasteiger partial charge >= 0.3 is 0 Å². The van der Waals surface area contributed by atoms with E-state index in [9.17, 15) is 0 Å². The van der Waals surface area contributed by atoms with Gasteiger partial charge in [0.25, 0.3) is 0 Å². The van der Waals surface area contributed by atoms with E-state index in [0.717, 1.165) is 61.6 Å². The van der Waals surface area contributed by atoms with Gasteiger partial charge in [0.15, 0.2) is 17.5 Å². The number of ether oxygens (including phenoxy) is 1. The Bertz CT molecular complexity index is 2860. The van der Waals surface area contributed by atoms with Crippen LogP contribution in [0.25, 0.3) is 56.2 Å². The van der Waals surface area contributed by atoms with Gasteiger partial charge in [-0.15, -0.1) is 0 Å². The van der Waals surface area contributed by atoms with Gasteiger partial charge in [-0.25, -0.2) is 15.0 Å². The molecule has 10 rings (SSSR count). The molecule has 1 aliphatic carbocycles. The van der Waals surface area contributed by atoms with Crippen molar-refractivity contribution >= 4 is 11.1 Å². The number of aromatic nitrogens is 3. The van der Waals surface area contributed by atoms with Crippen LogP contribution < -0.4 is 4.74 Å². The van der Waals surface area contributed by atoms with E-state index >= 15 is 0 Å². The fourth-order valence-electron chi connectivity index (χ4n) is 8.72. The zero-order valence-corrected chi connectivity index (χ0v) is 31.4. The van der Waals surface area contributed by atoms with Crippen LogP contribution in [0, 0.1) is 0 Å².